The van der Waals surface area contributed by atoms with E-state index in [0.717, 1.165) is 19.3 Å². The normalized spacial score (nSPS) is 23.1. The van der Waals surface area contributed by atoms with E-state index < -0.39 is 5.97 Å². The summed E-state index contributed by atoms with van der Waals surface area (Å²) >= 11 is 0. The second-order valence-electron chi connectivity index (χ2n) is 6.11. The fourth-order valence-corrected chi connectivity index (χ4v) is 2.56. The molecule has 0 unspecified atom stereocenters. The molecule has 17 heavy (non-hydrogen) atoms. The van der Waals surface area contributed by atoms with E-state index in [2.05, 4.69) is 27.7 Å². The molecule has 1 saturated heterocycles. The summed E-state index contributed by atoms with van der Waals surface area (Å²) < 4.78 is 0. The lowest BCUT2D eigenvalue weighted by atomic mass is 9.82. The first kappa shape index (κ1) is 14.2. The van der Waals surface area contributed by atoms with Crippen LogP contribution in [-0.4, -0.2) is 27.9 Å². The van der Waals surface area contributed by atoms with Gasteiger partial charge in [0.15, 0.2) is 0 Å². The van der Waals surface area contributed by atoms with E-state index in [1.807, 2.05) is 0 Å². The molecule has 1 aliphatic heterocycles. The average Bonchev–Trinajstić information content (AvgIpc) is 2.09. The van der Waals surface area contributed by atoms with Gasteiger partial charge >= 0.3 is 5.97 Å². The summed E-state index contributed by atoms with van der Waals surface area (Å²) in [5, 5.41) is 1.77. The molecule has 4 nitrogen and oxygen atoms in total. The zero-order valence-corrected chi connectivity index (χ0v) is 11.5. The molecular weight excluding hydrogens is 218 g/mol. The molecule has 1 fully saturated rings. The van der Waals surface area contributed by atoms with Crippen molar-refractivity contribution in [2.75, 3.05) is 0 Å². The second kappa shape index (κ2) is 4.77. The van der Waals surface area contributed by atoms with Gasteiger partial charge in [-0.05, 0) is 53.9 Å². The number of ketones is 1. The van der Waals surface area contributed by atoms with Gasteiger partial charge in [0.05, 0.1) is 11.1 Å². The fraction of sp³-hybridized carbons (Fsp3) is 0.846. The second-order valence-corrected chi connectivity index (χ2v) is 6.11. The van der Waals surface area contributed by atoms with Gasteiger partial charge < -0.3 is 4.84 Å². The highest BCUT2D eigenvalue weighted by Crippen LogP contribution is 2.38. The van der Waals surface area contributed by atoms with Gasteiger partial charge in [0, 0.05) is 0 Å². The first-order valence-electron chi connectivity index (χ1n) is 6.16. The van der Waals surface area contributed by atoms with Crippen LogP contribution in [0.25, 0.3) is 0 Å². The lowest BCUT2D eigenvalue weighted by molar-refractivity contribution is -0.265. The quantitative estimate of drug-likeness (QED) is 0.712. The maximum absolute atomic E-state index is 11.6. The van der Waals surface area contributed by atoms with Crippen molar-refractivity contribution in [1.82, 2.24) is 5.06 Å². The molecular formula is C13H23NO3. The van der Waals surface area contributed by atoms with Crippen molar-refractivity contribution >= 4 is 11.8 Å². The smallest absolute Gasteiger partial charge is 0.332 e. The predicted octanol–water partition coefficient (Wildman–Crippen LogP) is 2.47. The number of rotatable bonds is 3. The molecule has 1 aliphatic rings. The van der Waals surface area contributed by atoms with E-state index in [1.54, 1.807) is 5.06 Å². The lowest BCUT2D eigenvalue weighted by Gasteiger charge is -2.50. The third kappa shape index (κ3) is 3.53. The molecule has 0 bridgehead atoms. The summed E-state index contributed by atoms with van der Waals surface area (Å²) in [7, 11) is 0. The Bertz CT molecular complexity index is 305. The topological polar surface area (TPSA) is 46.6 Å². The Balaban J connectivity index is 2.77. The van der Waals surface area contributed by atoms with Gasteiger partial charge in [-0.3, -0.25) is 4.79 Å². The van der Waals surface area contributed by atoms with Crippen LogP contribution < -0.4 is 0 Å². The number of hydrogen-bond donors (Lipinski definition) is 0. The number of nitrogens with zero attached hydrogens (tertiary/aromatic N) is 1. The van der Waals surface area contributed by atoms with Gasteiger partial charge in [-0.25, -0.2) is 4.79 Å². The van der Waals surface area contributed by atoms with Gasteiger partial charge in [-0.2, -0.15) is 0 Å². The van der Waals surface area contributed by atoms with Crippen LogP contribution >= 0.6 is 0 Å². The molecule has 0 aromatic carbocycles. The van der Waals surface area contributed by atoms with Crippen molar-refractivity contribution in [3.63, 3.8) is 0 Å². The Kier molecular flexibility index (Phi) is 3.97. The van der Waals surface area contributed by atoms with E-state index >= 15 is 0 Å². The predicted molar refractivity (Wildman–Crippen MR) is 65.2 cm³/mol. The average molecular weight is 241 g/mol. The minimum atomic E-state index is -0.458. The molecule has 0 aliphatic carbocycles. The molecule has 0 saturated carbocycles. The lowest BCUT2D eigenvalue weighted by Crippen LogP contribution is -2.58. The van der Waals surface area contributed by atoms with Crippen LogP contribution in [0.15, 0.2) is 0 Å². The summed E-state index contributed by atoms with van der Waals surface area (Å²) in [6.07, 6.45) is 2.96. The summed E-state index contributed by atoms with van der Waals surface area (Å²) in [5.74, 6) is -0.622. The molecule has 98 valence electrons. The zero-order chi connectivity index (χ0) is 13.3. The molecule has 0 N–H and O–H groups in total. The number of hydroxylamine groups is 2. The highest BCUT2D eigenvalue weighted by molar-refractivity contribution is 5.94. The summed E-state index contributed by atoms with van der Waals surface area (Å²) in [5.41, 5.74) is -0.345. The molecule has 0 radical (unpaired) electrons. The largest absolute Gasteiger partial charge is 0.366 e. The first-order valence-corrected chi connectivity index (χ1v) is 6.16. The van der Waals surface area contributed by atoms with Gasteiger partial charge in [-0.1, -0.05) is 0 Å². The zero-order valence-electron chi connectivity index (χ0n) is 11.5. The molecule has 1 rings (SSSR count). The molecule has 4 heteroatoms. The Labute approximate surface area is 103 Å². The third-order valence-corrected chi connectivity index (χ3v) is 3.26. The molecule has 0 spiro atoms. The Morgan fingerprint density at radius 2 is 1.59 bits per heavy atom. The number of carbonyl (C=O) groups excluding carboxylic acids is 2. The minimum Gasteiger partial charge on any atom is -0.366 e. The van der Waals surface area contributed by atoms with Crippen LogP contribution in [-0.2, 0) is 14.4 Å². The van der Waals surface area contributed by atoms with Crippen molar-refractivity contribution in [3.05, 3.63) is 0 Å². The molecule has 0 aromatic rings. The Morgan fingerprint density at radius 3 is 2.00 bits per heavy atom. The number of Topliss-reactive ketones (excluding diaryl/α,β-unsaturated/α-hetero) is 1. The first-order chi connectivity index (χ1) is 7.65. The maximum Gasteiger partial charge on any atom is 0.332 e. The SMILES string of the molecule is CC(=O)CC(=O)ON1C(C)(C)CCCC1(C)C. The van der Waals surface area contributed by atoms with E-state index in [0.29, 0.717) is 0 Å². The van der Waals surface area contributed by atoms with Crippen LogP contribution in [0.5, 0.6) is 0 Å². The molecule has 0 aromatic heterocycles. The van der Waals surface area contributed by atoms with Crippen LogP contribution in [0, 0.1) is 0 Å². The van der Waals surface area contributed by atoms with E-state index in [-0.39, 0.29) is 23.3 Å². The van der Waals surface area contributed by atoms with Gasteiger partial charge in [0.2, 0.25) is 0 Å². The van der Waals surface area contributed by atoms with Gasteiger partial charge in [0.25, 0.3) is 0 Å². The fourth-order valence-electron chi connectivity index (χ4n) is 2.56. The maximum atomic E-state index is 11.6. The summed E-state index contributed by atoms with van der Waals surface area (Å²) in [4.78, 5) is 27.9. The molecule has 0 atom stereocenters. The molecule has 1 heterocycles. The highest BCUT2D eigenvalue weighted by Gasteiger charge is 2.44. The van der Waals surface area contributed by atoms with E-state index in [1.165, 1.54) is 6.92 Å². The third-order valence-electron chi connectivity index (χ3n) is 3.26. The van der Waals surface area contributed by atoms with Crippen LogP contribution in [0.3, 0.4) is 0 Å². The van der Waals surface area contributed by atoms with Gasteiger partial charge in [-0.15, -0.1) is 5.06 Å². The van der Waals surface area contributed by atoms with Crippen molar-refractivity contribution in [2.24, 2.45) is 0 Å². The number of piperidine rings is 1. The highest BCUT2D eigenvalue weighted by atomic mass is 16.7. The van der Waals surface area contributed by atoms with Gasteiger partial charge in [0.1, 0.15) is 12.2 Å². The summed E-state index contributed by atoms with van der Waals surface area (Å²) in [6, 6.07) is 0. The van der Waals surface area contributed by atoms with E-state index in [4.69, 9.17) is 4.84 Å². The van der Waals surface area contributed by atoms with Crippen molar-refractivity contribution in [2.45, 2.75) is 71.4 Å². The van der Waals surface area contributed by atoms with Crippen molar-refractivity contribution < 1.29 is 14.4 Å². The Morgan fingerprint density at radius 1 is 1.12 bits per heavy atom. The van der Waals surface area contributed by atoms with Crippen LogP contribution in [0.1, 0.15) is 60.3 Å². The Hall–Kier alpha value is -0.900. The molecule has 0 amide bonds. The standard InChI is InChI=1S/C13H23NO3/c1-10(15)9-11(16)17-14-12(2,3)7-6-8-13(14,4)5/h6-9H2,1-5H3. The van der Waals surface area contributed by atoms with E-state index in [9.17, 15) is 9.59 Å². The van der Waals surface area contributed by atoms with Crippen molar-refractivity contribution in [3.8, 4) is 0 Å². The number of carbonyl (C=O) groups is 2. The summed E-state index contributed by atoms with van der Waals surface area (Å²) in [6.45, 7) is 9.65. The van der Waals surface area contributed by atoms with Crippen LogP contribution in [0.2, 0.25) is 0 Å². The van der Waals surface area contributed by atoms with Crippen LogP contribution in [0.4, 0.5) is 0 Å². The monoisotopic (exact) mass is 241 g/mol. The van der Waals surface area contributed by atoms with Crippen molar-refractivity contribution in [1.29, 1.82) is 0 Å². The minimum absolute atomic E-state index is 0.150. The number of hydrogen-bond acceptors (Lipinski definition) is 4.